The normalized spacial score (nSPS) is 17.7. The Labute approximate surface area is 169 Å². The third-order valence-electron chi connectivity index (χ3n) is 5.81. The molecule has 2 saturated heterocycles. The highest BCUT2D eigenvalue weighted by Gasteiger charge is 2.10. The molecule has 0 saturated carbocycles. The fraction of sp³-hybridized carbons (Fsp3) is 0.348. The molecule has 6 nitrogen and oxygen atoms in total. The van der Waals surface area contributed by atoms with Gasteiger partial charge in [0.05, 0.1) is 29.6 Å². The second-order valence-electron chi connectivity index (χ2n) is 7.89. The standard InChI is InChI=1S/C23H25N5O/c29-23-21-13-17(24-15-27-9-1-2-10-27)5-7-19(21)20-8-6-18(14-22(20)26-23)25-16-28-11-3-4-12-28/h5-8,13-16H,1-4,9-12H2,(H,26,29)/b24-15+,25-16+. The minimum atomic E-state index is -0.0913. The number of fused-ring (bicyclic) bond motifs is 3. The molecule has 2 aliphatic rings. The number of aliphatic imine (C=N–C) groups is 2. The number of H-pyrrole nitrogens is 1. The number of hydrogen-bond acceptors (Lipinski definition) is 3. The summed E-state index contributed by atoms with van der Waals surface area (Å²) < 4.78 is 0. The molecule has 29 heavy (non-hydrogen) atoms. The highest BCUT2D eigenvalue weighted by atomic mass is 16.1. The number of aromatic nitrogens is 1. The van der Waals surface area contributed by atoms with Crippen LogP contribution >= 0.6 is 0 Å². The largest absolute Gasteiger partial charge is 0.363 e. The van der Waals surface area contributed by atoms with Gasteiger partial charge in [0.2, 0.25) is 0 Å². The first-order valence-electron chi connectivity index (χ1n) is 10.4. The number of nitrogens with zero attached hydrogens (tertiary/aromatic N) is 4. The molecule has 0 radical (unpaired) electrons. The first-order valence-corrected chi connectivity index (χ1v) is 10.4. The number of hydrogen-bond donors (Lipinski definition) is 1. The van der Waals surface area contributed by atoms with Crippen LogP contribution in [0, 0.1) is 0 Å². The molecule has 0 spiro atoms. The fourth-order valence-electron chi connectivity index (χ4n) is 4.19. The maximum Gasteiger partial charge on any atom is 0.256 e. The molecule has 6 heteroatoms. The molecule has 3 heterocycles. The van der Waals surface area contributed by atoms with E-state index in [-0.39, 0.29) is 5.56 Å². The third kappa shape index (κ3) is 3.75. The van der Waals surface area contributed by atoms with E-state index in [1.54, 1.807) is 0 Å². The van der Waals surface area contributed by atoms with E-state index in [0.29, 0.717) is 5.39 Å². The molecule has 2 aromatic carbocycles. The van der Waals surface area contributed by atoms with Crippen LogP contribution < -0.4 is 5.56 Å². The summed E-state index contributed by atoms with van der Waals surface area (Å²) in [7, 11) is 0. The number of nitrogens with one attached hydrogen (secondary N) is 1. The van der Waals surface area contributed by atoms with Gasteiger partial charge in [0, 0.05) is 37.0 Å². The SMILES string of the molecule is O=c1[nH]c2cc(/N=C/N3CCCC3)ccc2c2ccc(/N=C/N3CCCC3)cc12. The molecule has 1 N–H and O–H groups in total. The highest BCUT2D eigenvalue weighted by Crippen LogP contribution is 2.27. The molecule has 0 atom stereocenters. The zero-order valence-electron chi connectivity index (χ0n) is 16.5. The number of rotatable bonds is 4. The summed E-state index contributed by atoms with van der Waals surface area (Å²) in [6.07, 6.45) is 8.71. The molecule has 0 bridgehead atoms. The van der Waals surface area contributed by atoms with Gasteiger partial charge in [-0.2, -0.15) is 0 Å². The second-order valence-corrected chi connectivity index (χ2v) is 7.89. The zero-order valence-corrected chi connectivity index (χ0v) is 16.5. The lowest BCUT2D eigenvalue weighted by atomic mass is 10.1. The predicted octanol–water partition coefficient (Wildman–Crippen LogP) is 4.19. The molecule has 0 aliphatic carbocycles. The summed E-state index contributed by atoms with van der Waals surface area (Å²) >= 11 is 0. The van der Waals surface area contributed by atoms with Gasteiger partial charge in [-0.3, -0.25) is 4.79 Å². The highest BCUT2D eigenvalue weighted by molar-refractivity contribution is 6.06. The number of aromatic amines is 1. The van der Waals surface area contributed by atoms with Gasteiger partial charge in [0.25, 0.3) is 5.56 Å². The fourth-order valence-corrected chi connectivity index (χ4v) is 4.19. The van der Waals surface area contributed by atoms with Crippen LogP contribution in [0.25, 0.3) is 21.7 Å². The summed E-state index contributed by atoms with van der Waals surface area (Å²) in [4.78, 5) is 29.3. The molecule has 0 unspecified atom stereocenters. The number of pyridine rings is 1. The minimum Gasteiger partial charge on any atom is -0.363 e. The van der Waals surface area contributed by atoms with Crippen molar-refractivity contribution in [2.45, 2.75) is 25.7 Å². The van der Waals surface area contributed by atoms with Crippen molar-refractivity contribution in [3.63, 3.8) is 0 Å². The maximum atomic E-state index is 12.7. The van der Waals surface area contributed by atoms with Gasteiger partial charge < -0.3 is 14.8 Å². The lowest BCUT2D eigenvalue weighted by molar-refractivity contribution is 0.536. The summed E-state index contributed by atoms with van der Waals surface area (Å²) in [5, 5.41) is 2.63. The average molecular weight is 387 g/mol. The predicted molar refractivity (Wildman–Crippen MR) is 120 cm³/mol. The van der Waals surface area contributed by atoms with E-state index in [2.05, 4.69) is 24.8 Å². The van der Waals surface area contributed by atoms with Crippen LogP contribution in [0.1, 0.15) is 25.7 Å². The Hall–Kier alpha value is -3.15. The van der Waals surface area contributed by atoms with Gasteiger partial charge in [0.1, 0.15) is 0 Å². The first-order chi connectivity index (χ1) is 14.3. The smallest absolute Gasteiger partial charge is 0.256 e. The first kappa shape index (κ1) is 17.9. The Balaban J connectivity index is 1.48. The van der Waals surface area contributed by atoms with Gasteiger partial charge in [-0.15, -0.1) is 0 Å². The average Bonchev–Trinajstić information content (AvgIpc) is 3.45. The van der Waals surface area contributed by atoms with E-state index in [0.717, 1.165) is 53.8 Å². The topological polar surface area (TPSA) is 64.1 Å². The lowest BCUT2D eigenvalue weighted by Gasteiger charge is -2.10. The van der Waals surface area contributed by atoms with E-state index in [1.165, 1.54) is 25.7 Å². The molecular weight excluding hydrogens is 362 g/mol. The van der Waals surface area contributed by atoms with Crippen LogP contribution in [0.15, 0.2) is 51.2 Å². The number of benzene rings is 2. The molecule has 3 aromatic rings. The van der Waals surface area contributed by atoms with E-state index in [1.807, 2.05) is 49.1 Å². The zero-order chi connectivity index (χ0) is 19.6. The van der Waals surface area contributed by atoms with Crippen molar-refractivity contribution in [1.29, 1.82) is 0 Å². The Bertz CT molecular complexity index is 1150. The van der Waals surface area contributed by atoms with Crippen molar-refractivity contribution in [2.75, 3.05) is 26.2 Å². The monoisotopic (exact) mass is 387 g/mol. The Kier molecular flexibility index (Phi) is 4.76. The quantitative estimate of drug-likeness (QED) is 0.415. The summed E-state index contributed by atoms with van der Waals surface area (Å²) in [6.45, 7) is 4.26. The van der Waals surface area contributed by atoms with Gasteiger partial charge in [-0.05, 0) is 55.3 Å². The van der Waals surface area contributed by atoms with Crippen LogP contribution in [0.3, 0.4) is 0 Å². The molecule has 148 valence electrons. The van der Waals surface area contributed by atoms with Crippen molar-refractivity contribution >= 4 is 45.7 Å². The van der Waals surface area contributed by atoms with E-state index >= 15 is 0 Å². The van der Waals surface area contributed by atoms with Gasteiger partial charge in [-0.1, -0.05) is 12.1 Å². The van der Waals surface area contributed by atoms with Crippen LogP contribution in [-0.4, -0.2) is 53.6 Å². The Morgan fingerprint density at radius 1 is 0.724 bits per heavy atom. The maximum absolute atomic E-state index is 12.7. The van der Waals surface area contributed by atoms with Gasteiger partial charge >= 0.3 is 0 Å². The van der Waals surface area contributed by atoms with Gasteiger partial charge in [-0.25, -0.2) is 9.98 Å². The van der Waals surface area contributed by atoms with E-state index in [9.17, 15) is 4.79 Å². The van der Waals surface area contributed by atoms with Crippen LogP contribution in [-0.2, 0) is 0 Å². The Morgan fingerprint density at radius 3 is 1.90 bits per heavy atom. The van der Waals surface area contributed by atoms with E-state index in [4.69, 9.17) is 0 Å². The van der Waals surface area contributed by atoms with Crippen LogP contribution in [0.5, 0.6) is 0 Å². The van der Waals surface area contributed by atoms with Crippen molar-refractivity contribution in [2.24, 2.45) is 9.98 Å². The molecule has 1 aromatic heterocycles. The molecule has 0 amide bonds. The van der Waals surface area contributed by atoms with Crippen molar-refractivity contribution in [3.8, 4) is 0 Å². The number of likely N-dealkylation sites (tertiary alicyclic amines) is 2. The molecular formula is C23H25N5O. The van der Waals surface area contributed by atoms with Crippen molar-refractivity contribution in [3.05, 3.63) is 46.8 Å². The lowest BCUT2D eigenvalue weighted by Crippen LogP contribution is -2.16. The molecule has 2 aliphatic heterocycles. The van der Waals surface area contributed by atoms with Crippen LogP contribution in [0.2, 0.25) is 0 Å². The molecule has 5 rings (SSSR count). The molecule has 2 fully saturated rings. The Morgan fingerprint density at radius 2 is 1.28 bits per heavy atom. The minimum absolute atomic E-state index is 0.0913. The van der Waals surface area contributed by atoms with Crippen LogP contribution in [0.4, 0.5) is 11.4 Å². The summed E-state index contributed by atoms with van der Waals surface area (Å²) in [5.74, 6) is 0. The summed E-state index contributed by atoms with van der Waals surface area (Å²) in [6, 6.07) is 11.8. The summed E-state index contributed by atoms with van der Waals surface area (Å²) in [5.41, 5.74) is 2.38. The van der Waals surface area contributed by atoms with Gasteiger partial charge in [0.15, 0.2) is 0 Å². The van der Waals surface area contributed by atoms with Crippen molar-refractivity contribution in [1.82, 2.24) is 14.8 Å². The van der Waals surface area contributed by atoms with E-state index < -0.39 is 0 Å². The van der Waals surface area contributed by atoms with Crippen molar-refractivity contribution < 1.29 is 0 Å². The second kappa shape index (κ2) is 7.70. The third-order valence-corrected chi connectivity index (χ3v) is 5.81.